The quantitative estimate of drug-likeness (QED) is 0.623. The molecule has 2 aromatic carbocycles. The van der Waals surface area contributed by atoms with E-state index in [0.29, 0.717) is 0 Å². The summed E-state index contributed by atoms with van der Waals surface area (Å²) >= 11 is 0. The largest absolute Gasteiger partial charge is 0.573 e. The van der Waals surface area contributed by atoms with E-state index in [4.69, 9.17) is 0 Å². The lowest BCUT2D eigenvalue weighted by Crippen LogP contribution is -2.50. The molecular formula is C19H16F6N2O4S. The molecule has 0 bridgehead atoms. The van der Waals surface area contributed by atoms with Gasteiger partial charge >= 0.3 is 12.5 Å². The lowest BCUT2D eigenvalue weighted by atomic mass is 10.1. The molecule has 1 saturated heterocycles. The van der Waals surface area contributed by atoms with Gasteiger partial charge in [-0.1, -0.05) is 6.07 Å². The van der Waals surface area contributed by atoms with E-state index in [2.05, 4.69) is 4.74 Å². The van der Waals surface area contributed by atoms with Gasteiger partial charge in [0.15, 0.2) is 0 Å². The molecule has 1 amide bonds. The van der Waals surface area contributed by atoms with E-state index in [1.807, 2.05) is 0 Å². The Morgan fingerprint density at radius 3 is 2.00 bits per heavy atom. The molecule has 0 unspecified atom stereocenters. The number of benzene rings is 2. The van der Waals surface area contributed by atoms with Gasteiger partial charge in [-0.05, 0) is 42.5 Å². The van der Waals surface area contributed by atoms with E-state index in [1.165, 1.54) is 11.0 Å². The van der Waals surface area contributed by atoms with Gasteiger partial charge in [0.25, 0.3) is 5.91 Å². The summed E-state index contributed by atoms with van der Waals surface area (Å²) in [5.41, 5.74) is -1.14. The van der Waals surface area contributed by atoms with Gasteiger partial charge in [-0.25, -0.2) is 8.42 Å². The topological polar surface area (TPSA) is 66.9 Å². The average molecular weight is 482 g/mol. The Bertz CT molecular complexity index is 1080. The third kappa shape index (κ3) is 5.51. The number of hydrogen-bond donors (Lipinski definition) is 0. The predicted octanol–water partition coefficient (Wildman–Crippen LogP) is 3.75. The molecule has 1 aliphatic heterocycles. The number of carbonyl (C=O) groups excluding carboxylic acids is 1. The highest BCUT2D eigenvalue weighted by molar-refractivity contribution is 7.89. The third-order valence-electron chi connectivity index (χ3n) is 4.66. The average Bonchev–Trinajstić information content (AvgIpc) is 2.72. The zero-order chi connectivity index (χ0) is 23.7. The van der Waals surface area contributed by atoms with E-state index >= 15 is 0 Å². The van der Waals surface area contributed by atoms with Crippen molar-refractivity contribution in [1.29, 1.82) is 0 Å². The minimum atomic E-state index is -4.91. The minimum absolute atomic E-state index is 0.0659. The zero-order valence-electron chi connectivity index (χ0n) is 16.2. The van der Waals surface area contributed by atoms with Crippen LogP contribution in [0.15, 0.2) is 53.4 Å². The van der Waals surface area contributed by atoms with Gasteiger partial charge in [-0.3, -0.25) is 4.79 Å². The van der Waals surface area contributed by atoms with Crippen LogP contribution in [-0.2, 0) is 16.2 Å². The fourth-order valence-electron chi connectivity index (χ4n) is 3.11. The minimum Gasteiger partial charge on any atom is -0.406 e. The van der Waals surface area contributed by atoms with Gasteiger partial charge in [-0.15, -0.1) is 13.2 Å². The molecule has 13 heteroatoms. The lowest BCUT2D eigenvalue weighted by Gasteiger charge is -2.34. The number of hydrogen-bond acceptors (Lipinski definition) is 4. The smallest absolute Gasteiger partial charge is 0.406 e. The number of ether oxygens (including phenoxy) is 1. The van der Waals surface area contributed by atoms with Crippen LogP contribution in [0.4, 0.5) is 26.3 Å². The second-order valence-corrected chi connectivity index (χ2v) is 8.73. The summed E-state index contributed by atoms with van der Waals surface area (Å²) in [4.78, 5) is 13.5. The maximum Gasteiger partial charge on any atom is 0.573 e. The summed E-state index contributed by atoms with van der Waals surface area (Å²) in [6.45, 7) is -0.394. The Kier molecular flexibility index (Phi) is 6.43. The number of amides is 1. The van der Waals surface area contributed by atoms with Crippen molar-refractivity contribution in [2.24, 2.45) is 0 Å². The summed E-state index contributed by atoms with van der Waals surface area (Å²) in [6.07, 6.45) is -9.52. The highest BCUT2D eigenvalue weighted by Gasteiger charge is 2.34. The summed E-state index contributed by atoms with van der Waals surface area (Å²) in [5.74, 6) is -1.24. The molecule has 0 N–H and O–H groups in total. The van der Waals surface area contributed by atoms with Crippen LogP contribution in [0.1, 0.15) is 15.9 Å². The second-order valence-electron chi connectivity index (χ2n) is 6.79. The second kappa shape index (κ2) is 8.62. The molecule has 174 valence electrons. The van der Waals surface area contributed by atoms with Crippen LogP contribution in [0.25, 0.3) is 0 Å². The molecule has 1 fully saturated rings. The third-order valence-corrected chi connectivity index (χ3v) is 6.57. The Morgan fingerprint density at radius 2 is 1.47 bits per heavy atom. The molecule has 0 aromatic heterocycles. The number of alkyl halides is 6. The van der Waals surface area contributed by atoms with E-state index in [9.17, 15) is 39.6 Å². The molecule has 1 heterocycles. The van der Waals surface area contributed by atoms with E-state index in [-0.39, 0.29) is 36.6 Å². The number of halogens is 6. The molecule has 3 rings (SSSR count). The van der Waals surface area contributed by atoms with Crippen LogP contribution in [0, 0.1) is 0 Å². The molecule has 0 atom stereocenters. The Hall–Kier alpha value is -2.80. The Balaban J connectivity index is 1.66. The normalized spacial score (nSPS) is 16.1. The van der Waals surface area contributed by atoms with E-state index < -0.39 is 39.8 Å². The number of carbonyl (C=O) groups is 1. The molecule has 0 saturated carbocycles. The molecule has 0 aliphatic carbocycles. The van der Waals surface area contributed by atoms with Crippen LogP contribution >= 0.6 is 0 Å². The maximum absolute atomic E-state index is 12.9. The van der Waals surface area contributed by atoms with Crippen LogP contribution in [-0.4, -0.2) is 56.1 Å². The summed E-state index contributed by atoms with van der Waals surface area (Å²) in [6, 6.07) is 7.60. The summed E-state index contributed by atoms with van der Waals surface area (Å²) in [5, 5.41) is 0. The SMILES string of the molecule is O=C(c1cccc(C(F)(F)F)c1)N1CCN(S(=O)(=O)c2ccc(OC(F)(F)F)cc2)CC1. The van der Waals surface area contributed by atoms with Gasteiger partial charge in [0.05, 0.1) is 10.5 Å². The summed E-state index contributed by atoms with van der Waals surface area (Å²) < 4.78 is 105. The molecule has 0 radical (unpaired) electrons. The number of sulfonamides is 1. The van der Waals surface area contributed by atoms with Gasteiger partial charge in [0.1, 0.15) is 5.75 Å². The van der Waals surface area contributed by atoms with E-state index in [1.54, 1.807) is 0 Å². The first kappa shape index (κ1) is 23.9. The zero-order valence-corrected chi connectivity index (χ0v) is 17.0. The highest BCUT2D eigenvalue weighted by atomic mass is 32.2. The summed E-state index contributed by atoms with van der Waals surface area (Å²) in [7, 11) is -4.05. The standard InChI is InChI=1S/C19H16F6N2O4S/c20-18(21,22)14-3-1-2-13(12-14)17(28)26-8-10-27(11-9-26)32(29,30)16-6-4-15(5-7-16)31-19(23,24)25/h1-7,12H,8-11H2. The Labute approximate surface area is 179 Å². The first-order valence-corrected chi connectivity index (χ1v) is 10.5. The Morgan fingerprint density at radius 1 is 0.875 bits per heavy atom. The molecule has 6 nitrogen and oxygen atoms in total. The van der Waals surface area contributed by atoms with Gasteiger partial charge in [0.2, 0.25) is 10.0 Å². The maximum atomic E-state index is 12.9. The van der Waals surface area contributed by atoms with E-state index in [0.717, 1.165) is 46.8 Å². The first-order valence-electron chi connectivity index (χ1n) is 9.10. The van der Waals surface area contributed by atoms with Crippen molar-refractivity contribution in [2.75, 3.05) is 26.2 Å². The van der Waals surface area contributed by atoms with Crippen LogP contribution in [0.3, 0.4) is 0 Å². The molecular weight excluding hydrogens is 466 g/mol. The van der Waals surface area contributed by atoms with Gasteiger partial charge < -0.3 is 9.64 Å². The molecule has 1 aliphatic rings. The fraction of sp³-hybridized carbons (Fsp3) is 0.316. The van der Waals surface area contributed by atoms with Crippen molar-refractivity contribution in [3.63, 3.8) is 0 Å². The van der Waals surface area contributed by atoms with Crippen LogP contribution in [0.2, 0.25) is 0 Å². The van der Waals surface area contributed by atoms with Crippen LogP contribution in [0.5, 0.6) is 5.75 Å². The molecule has 0 spiro atoms. The monoisotopic (exact) mass is 482 g/mol. The molecule has 2 aromatic rings. The molecule has 32 heavy (non-hydrogen) atoms. The van der Waals surface area contributed by atoms with Gasteiger partial charge in [0, 0.05) is 31.7 Å². The fourth-order valence-corrected chi connectivity index (χ4v) is 4.53. The highest BCUT2D eigenvalue weighted by Crippen LogP contribution is 2.30. The number of piperazine rings is 1. The van der Waals surface area contributed by atoms with Crippen molar-refractivity contribution in [1.82, 2.24) is 9.21 Å². The first-order chi connectivity index (χ1) is 14.8. The van der Waals surface area contributed by atoms with Gasteiger partial charge in [-0.2, -0.15) is 17.5 Å². The van der Waals surface area contributed by atoms with Crippen molar-refractivity contribution in [3.8, 4) is 5.75 Å². The van der Waals surface area contributed by atoms with Crippen molar-refractivity contribution in [2.45, 2.75) is 17.4 Å². The van der Waals surface area contributed by atoms with Crippen LogP contribution < -0.4 is 4.74 Å². The van der Waals surface area contributed by atoms with Crippen molar-refractivity contribution >= 4 is 15.9 Å². The lowest BCUT2D eigenvalue weighted by molar-refractivity contribution is -0.274. The number of rotatable bonds is 4. The van der Waals surface area contributed by atoms with Crippen molar-refractivity contribution in [3.05, 3.63) is 59.7 Å². The predicted molar refractivity (Wildman–Crippen MR) is 99.2 cm³/mol. The van der Waals surface area contributed by atoms with Crippen molar-refractivity contribution < 1.29 is 44.3 Å². The number of nitrogens with zero attached hydrogens (tertiary/aromatic N) is 2.